The second-order valence-electron chi connectivity index (χ2n) is 5.44. The van der Waals surface area contributed by atoms with Crippen LogP contribution in [0.25, 0.3) is 0 Å². The number of halogens is 1. The first-order valence-corrected chi connectivity index (χ1v) is 4.47. The highest BCUT2D eigenvalue weighted by molar-refractivity contribution is 5.83. The lowest BCUT2D eigenvalue weighted by molar-refractivity contribution is -0.869. The van der Waals surface area contributed by atoms with Crippen molar-refractivity contribution in [1.29, 1.82) is 0 Å². The highest BCUT2D eigenvalue weighted by Gasteiger charge is 2.22. The van der Waals surface area contributed by atoms with E-state index in [1.165, 1.54) is 0 Å². The number of hydrogen-bond acceptors (Lipinski definition) is 1. The molecule has 0 rings (SSSR count). The van der Waals surface area contributed by atoms with E-state index < -0.39 is 0 Å². The molecule has 0 unspecified atom stereocenters. The average molecular weight is 299 g/mol. The van der Waals surface area contributed by atoms with Crippen LogP contribution in [0.5, 0.6) is 0 Å². The van der Waals surface area contributed by atoms with Crippen molar-refractivity contribution in [2.24, 2.45) is 5.41 Å². The standard InChI is InChI=1S/C10H22NO.HI/c1-10(2,3)9(12)7-8-11(4,5)6;/h7-8H2,1-6H3;1H/q+1;/p-1. The number of quaternary nitrogens is 1. The van der Waals surface area contributed by atoms with Crippen LogP contribution in [0.15, 0.2) is 0 Å². The van der Waals surface area contributed by atoms with Crippen LogP contribution in [0.1, 0.15) is 27.2 Å². The molecule has 0 aromatic heterocycles. The maximum Gasteiger partial charge on any atom is 0.143 e. The molecular weight excluding hydrogens is 277 g/mol. The molecule has 0 bridgehead atoms. The van der Waals surface area contributed by atoms with Crippen LogP contribution >= 0.6 is 0 Å². The lowest BCUT2D eigenvalue weighted by Gasteiger charge is -2.25. The number of Topliss-reactive ketones (excluding diaryl/α,β-unsaturated/α-hetero) is 1. The summed E-state index contributed by atoms with van der Waals surface area (Å²) >= 11 is 0. The van der Waals surface area contributed by atoms with Crippen LogP contribution in [0.4, 0.5) is 0 Å². The fourth-order valence-corrected chi connectivity index (χ4v) is 0.812. The van der Waals surface area contributed by atoms with Gasteiger partial charge >= 0.3 is 0 Å². The van der Waals surface area contributed by atoms with E-state index >= 15 is 0 Å². The maximum atomic E-state index is 11.5. The van der Waals surface area contributed by atoms with Gasteiger partial charge in [-0.3, -0.25) is 4.79 Å². The van der Waals surface area contributed by atoms with Gasteiger partial charge in [0.05, 0.1) is 34.1 Å². The summed E-state index contributed by atoms with van der Waals surface area (Å²) in [5.74, 6) is 0.357. The van der Waals surface area contributed by atoms with Gasteiger partial charge in [0, 0.05) is 5.41 Å². The normalized spacial score (nSPS) is 12.2. The van der Waals surface area contributed by atoms with Gasteiger partial charge in [-0.05, 0) is 0 Å². The van der Waals surface area contributed by atoms with Crippen molar-refractivity contribution in [2.45, 2.75) is 27.2 Å². The van der Waals surface area contributed by atoms with Crippen LogP contribution in [0.2, 0.25) is 0 Å². The Morgan fingerprint density at radius 1 is 1.15 bits per heavy atom. The number of carbonyl (C=O) groups is 1. The Balaban J connectivity index is 0. The molecule has 0 N–H and O–H groups in total. The molecular formula is C10H22INO. The summed E-state index contributed by atoms with van der Waals surface area (Å²) in [7, 11) is 6.32. The zero-order valence-corrected chi connectivity index (χ0v) is 11.8. The summed E-state index contributed by atoms with van der Waals surface area (Å²) < 4.78 is 0.863. The lowest BCUT2D eigenvalue weighted by Crippen LogP contribution is -3.00. The Morgan fingerprint density at radius 2 is 1.54 bits per heavy atom. The molecule has 0 radical (unpaired) electrons. The molecule has 3 heteroatoms. The minimum absolute atomic E-state index is 0. The van der Waals surface area contributed by atoms with Crippen molar-refractivity contribution in [3.05, 3.63) is 0 Å². The van der Waals surface area contributed by atoms with Gasteiger partial charge in [0.1, 0.15) is 5.78 Å². The largest absolute Gasteiger partial charge is 1.00 e. The highest BCUT2D eigenvalue weighted by atomic mass is 127. The molecule has 0 aliphatic heterocycles. The van der Waals surface area contributed by atoms with E-state index in [0.717, 1.165) is 11.0 Å². The quantitative estimate of drug-likeness (QED) is 0.468. The van der Waals surface area contributed by atoms with Gasteiger partial charge in [0.2, 0.25) is 0 Å². The van der Waals surface area contributed by atoms with Gasteiger partial charge in [0.15, 0.2) is 0 Å². The summed E-state index contributed by atoms with van der Waals surface area (Å²) in [6.45, 7) is 6.86. The first-order valence-electron chi connectivity index (χ1n) is 4.47. The lowest BCUT2D eigenvalue weighted by atomic mass is 9.89. The average Bonchev–Trinajstić information content (AvgIpc) is 1.78. The third-order valence-electron chi connectivity index (χ3n) is 1.85. The van der Waals surface area contributed by atoms with Crippen LogP contribution in [0, 0.1) is 5.41 Å². The molecule has 0 amide bonds. The minimum atomic E-state index is -0.171. The molecule has 0 atom stereocenters. The minimum Gasteiger partial charge on any atom is -1.00 e. The maximum absolute atomic E-state index is 11.5. The Morgan fingerprint density at radius 3 is 1.77 bits per heavy atom. The van der Waals surface area contributed by atoms with Gasteiger partial charge in [-0.15, -0.1) is 0 Å². The molecule has 2 nitrogen and oxygen atoms in total. The smallest absolute Gasteiger partial charge is 0.143 e. The Labute approximate surface area is 99.3 Å². The molecule has 0 aliphatic carbocycles. The van der Waals surface area contributed by atoms with Crippen molar-refractivity contribution < 1.29 is 33.3 Å². The summed E-state index contributed by atoms with van der Waals surface area (Å²) in [6, 6.07) is 0. The number of nitrogens with zero attached hydrogens (tertiary/aromatic N) is 1. The van der Waals surface area contributed by atoms with E-state index in [0.29, 0.717) is 12.2 Å². The third-order valence-corrected chi connectivity index (χ3v) is 1.85. The van der Waals surface area contributed by atoms with Crippen molar-refractivity contribution in [2.75, 3.05) is 27.7 Å². The van der Waals surface area contributed by atoms with Crippen molar-refractivity contribution in [1.82, 2.24) is 0 Å². The van der Waals surface area contributed by atoms with Gasteiger partial charge in [0.25, 0.3) is 0 Å². The van der Waals surface area contributed by atoms with E-state index in [-0.39, 0.29) is 29.4 Å². The fourth-order valence-electron chi connectivity index (χ4n) is 0.812. The van der Waals surface area contributed by atoms with Gasteiger partial charge in [-0.2, -0.15) is 0 Å². The van der Waals surface area contributed by atoms with Crippen molar-refractivity contribution in [3.8, 4) is 0 Å². The number of rotatable bonds is 3. The summed E-state index contributed by atoms with van der Waals surface area (Å²) in [6.07, 6.45) is 0.687. The second kappa shape index (κ2) is 5.29. The Hall–Kier alpha value is 0.360. The van der Waals surface area contributed by atoms with E-state index in [2.05, 4.69) is 21.1 Å². The molecule has 0 aromatic carbocycles. The molecule has 0 saturated heterocycles. The zero-order chi connectivity index (χ0) is 9.99. The SMILES string of the molecule is CC(C)(C)C(=O)CC[N+](C)(C)C.[I-]. The molecule has 0 fully saturated rings. The van der Waals surface area contributed by atoms with Crippen LogP contribution in [0.3, 0.4) is 0 Å². The van der Waals surface area contributed by atoms with Crippen LogP contribution < -0.4 is 24.0 Å². The summed E-state index contributed by atoms with van der Waals surface area (Å²) in [4.78, 5) is 11.5. The van der Waals surface area contributed by atoms with E-state index in [1.807, 2.05) is 20.8 Å². The van der Waals surface area contributed by atoms with Crippen LogP contribution in [-0.4, -0.2) is 38.0 Å². The van der Waals surface area contributed by atoms with E-state index in [9.17, 15) is 4.79 Å². The predicted octanol–water partition coefficient (Wildman–Crippen LogP) is -1.30. The molecule has 0 heterocycles. The topological polar surface area (TPSA) is 17.1 Å². The van der Waals surface area contributed by atoms with E-state index in [1.54, 1.807) is 0 Å². The van der Waals surface area contributed by atoms with Crippen molar-refractivity contribution in [3.63, 3.8) is 0 Å². The number of hydrogen-bond donors (Lipinski definition) is 0. The molecule has 13 heavy (non-hydrogen) atoms. The van der Waals surface area contributed by atoms with E-state index in [4.69, 9.17) is 0 Å². The van der Waals surface area contributed by atoms with Gasteiger partial charge in [-0.1, -0.05) is 20.8 Å². The summed E-state index contributed by atoms with van der Waals surface area (Å²) in [5.41, 5.74) is -0.171. The van der Waals surface area contributed by atoms with Crippen molar-refractivity contribution >= 4 is 5.78 Å². The Kier molecular flexibility index (Phi) is 6.44. The molecule has 0 aliphatic rings. The molecule has 80 valence electrons. The fraction of sp³-hybridized carbons (Fsp3) is 0.900. The number of ketones is 1. The Bertz CT molecular complexity index is 165. The summed E-state index contributed by atoms with van der Waals surface area (Å²) in [5, 5.41) is 0. The molecule has 0 saturated carbocycles. The first kappa shape index (κ1) is 15.8. The highest BCUT2D eigenvalue weighted by Crippen LogP contribution is 2.16. The second-order valence-corrected chi connectivity index (χ2v) is 5.44. The van der Waals surface area contributed by atoms with Gasteiger partial charge in [-0.25, -0.2) is 0 Å². The zero-order valence-electron chi connectivity index (χ0n) is 9.65. The molecule has 0 spiro atoms. The predicted molar refractivity (Wildman–Crippen MR) is 52.0 cm³/mol. The first-order chi connectivity index (χ1) is 5.13. The third kappa shape index (κ3) is 8.68. The molecule has 0 aromatic rings. The monoisotopic (exact) mass is 299 g/mol. The number of carbonyl (C=O) groups excluding carboxylic acids is 1. The van der Waals surface area contributed by atoms with Gasteiger partial charge < -0.3 is 28.5 Å². The van der Waals surface area contributed by atoms with Crippen LogP contribution in [-0.2, 0) is 4.79 Å².